The van der Waals surface area contributed by atoms with Gasteiger partial charge in [-0.15, -0.1) is 0 Å². The highest BCUT2D eigenvalue weighted by Crippen LogP contribution is 2.28. The third-order valence-corrected chi connectivity index (χ3v) is 3.30. The Balaban J connectivity index is 2.26. The number of hydrogen-bond donors (Lipinski definition) is 3. The Kier molecular flexibility index (Phi) is 3.11. The first-order valence-electron chi connectivity index (χ1n) is 5.32. The van der Waals surface area contributed by atoms with E-state index in [1.54, 1.807) is 0 Å². The van der Waals surface area contributed by atoms with Crippen molar-refractivity contribution in [2.24, 2.45) is 0 Å². The predicted molar refractivity (Wildman–Crippen MR) is 62.4 cm³/mol. The zero-order valence-corrected chi connectivity index (χ0v) is 9.93. The van der Waals surface area contributed by atoms with E-state index < -0.39 is 5.97 Å². The number of rotatable bonds is 2. The SMILES string of the molecule is CN1CCC(c2[nH]c(=S)[nH]c2C(=O)O)CC1. The average molecular weight is 241 g/mol. The van der Waals surface area contributed by atoms with Crippen molar-refractivity contribution in [1.29, 1.82) is 0 Å². The zero-order chi connectivity index (χ0) is 11.7. The van der Waals surface area contributed by atoms with Gasteiger partial charge in [0.1, 0.15) is 5.69 Å². The molecule has 0 aliphatic carbocycles. The molecule has 0 saturated carbocycles. The molecule has 1 aromatic heterocycles. The summed E-state index contributed by atoms with van der Waals surface area (Å²) in [5, 5.41) is 9.05. The molecule has 1 aliphatic rings. The molecule has 6 heteroatoms. The van der Waals surface area contributed by atoms with Crippen molar-refractivity contribution < 1.29 is 9.90 Å². The van der Waals surface area contributed by atoms with E-state index in [0.717, 1.165) is 31.6 Å². The van der Waals surface area contributed by atoms with Gasteiger partial charge < -0.3 is 20.0 Å². The molecule has 0 spiro atoms. The molecule has 5 nitrogen and oxygen atoms in total. The minimum Gasteiger partial charge on any atom is -0.477 e. The number of nitrogens with zero attached hydrogens (tertiary/aromatic N) is 1. The number of imidazole rings is 1. The topological polar surface area (TPSA) is 72.1 Å². The maximum absolute atomic E-state index is 11.0. The summed E-state index contributed by atoms with van der Waals surface area (Å²) in [5.41, 5.74) is 0.977. The summed E-state index contributed by atoms with van der Waals surface area (Å²) in [5.74, 6) is -0.670. The Hall–Kier alpha value is -1.14. The smallest absolute Gasteiger partial charge is 0.354 e. The van der Waals surface area contributed by atoms with Crippen molar-refractivity contribution >= 4 is 18.2 Å². The van der Waals surface area contributed by atoms with Crippen LogP contribution in [0.3, 0.4) is 0 Å². The molecule has 0 atom stereocenters. The van der Waals surface area contributed by atoms with Gasteiger partial charge in [0.25, 0.3) is 0 Å². The van der Waals surface area contributed by atoms with E-state index >= 15 is 0 Å². The molecule has 1 aromatic rings. The third-order valence-electron chi connectivity index (χ3n) is 3.10. The number of H-pyrrole nitrogens is 2. The number of aromatic carboxylic acids is 1. The summed E-state index contributed by atoms with van der Waals surface area (Å²) < 4.78 is 0.395. The van der Waals surface area contributed by atoms with Gasteiger partial charge in [0, 0.05) is 5.92 Å². The lowest BCUT2D eigenvalue weighted by Crippen LogP contribution is -2.29. The number of aromatic amines is 2. The van der Waals surface area contributed by atoms with Crippen LogP contribution in [0.4, 0.5) is 0 Å². The molecule has 2 heterocycles. The van der Waals surface area contributed by atoms with Crippen LogP contribution in [0.5, 0.6) is 0 Å². The van der Waals surface area contributed by atoms with Crippen molar-refractivity contribution in [3.63, 3.8) is 0 Å². The molecule has 0 bridgehead atoms. The van der Waals surface area contributed by atoms with E-state index in [9.17, 15) is 4.79 Å². The van der Waals surface area contributed by atoms with Gasteiger partial charge >= 0.3 is 5.97 Å². The number of piperidine rings is 1. The van der Waals surface area contributed by atoms with E-state index in [4.69, 9.17) is 17.3 Å². The van der Waals surface area contributed by atoms with Crippen molar-refractivity contribution in [2.75, 3.05) is 20.1 Å². The largest absolute Gasteiger partial charge is 0.477 e. The van der Waals surface area contributed by atoms with Gasteiger partial charge in [0.2, 0.25) is 0 Å². The molecular formula is C10H15N3O2S. The fourth-order valence-corrected chi connectivity index (χ4v) is 2.38. The molecule has 1 fully saturated rings. The summed E-state index contributed by atoms with van der Waals surface area (Å²) in [6.45, 7) is 1.99. The van der Waals surface area contributed by atoms with Crippen LogP contribution < -0.4 is 0 Å². The minimum atomic E-state index is -0.943. The van der Waals surface area contributed by atoms with E-state index in [-0.39, 0.29) is 11.6 Å². The van der Waals surface area contributed by atoms with Crippen LogP contribution in [0, 0.1) is 4.77 Å². The highest BCUT2D eigenvalue weighted by Gasteiger charge is 2.24. The Morgan fingerprint density at radius 3 is 2.62 bits per heavy atom. The number of likely N-dealkylation sites (tertiary alicyclic amines) is 1. The number of carboxylic acids is 1. The van der Waals surface area contributed by atoms with Crippen LogP contribution in [-0.2, 0) is 0 Å². The monoisotopic (exact) mass is 241 g/mol. The average Bonchev–Trinajstić information content (AvgIpc) is 2.61. The lowest BCUT2D eigenvalue weighted by Gasteiger charge is -2.28. The Morgan fingerprint density at radius 1 is 1.44 bits per heavy atom. The first kappa shape index (κ1) is 11.3. The molecule has 3 N–H and O–H groups in total. The minimum absolute atomic E-state index is 0.222. The van der Waals surface area contributed by atoms with E-state index in [1.165, 1.54) is 0 Å². The van der Waals surface area contributed by atoms with Gasteiger partial charge in [-0.25, -0.2) is 4.79 Å². The predicted octanol–water partition coefficient (Wildman–Crippen LogP) is 1.58. The zero-order valence-electron chi connectivity index (χ0n) is 9.12. The van der Waals surface area contributed by atoms with Gasteiger partial charge in [-0.05, 0) is 45.2 Å². The Morgan fingerprint density at radius 2 is 2.06 bits per heavy atom. The summed E-state index contributed by atoms with van der Waals surface area (Å²) in [7, 11) is 2.08. The molecular weight excluding hydrogens is 226 g/mol. The van der Waals surface area contributed by atoms with Crippen LogP contribution in [-0.4, -0.2) is 46.1 Å². The highest BCUT2D eigenvalue weighted by molar-refractivity contribution is 7.71. The second kappa shape index (κ2) is 4.39. The summed E-state index contributed by atoms with van der Waals surface area (Å²) in [4.78, 5) is 19.0. The normalized spacial score (nSPS) is 18.8. The van der Waals surface area contributed by atoms with Crippen LogP contribution in [0.2, 0.25) is 0 Å². The van der Waals surface area contributed by atoms with Gasteiger partial charge in [-0.2, -0.15) is 0 Å². The molecule has 16 heavy (non-hydrogen) atoms. The summed E-state index contributed by atoms with van der Waals surface area (Å²) in [6, 6.07) is 0. The van der Waals surface area contributed by atoms with Crippen LogP contribution in [0.25, 0.3) is 0 Å². The summed E-state index contributed by atoms with van der Waals surface area (Å²) >= 11 is 4.95. The van der Waals surface area contributed by atoms with E-state index in [1.807, 2.05) is 0 Å². The lowest BCUT2D eigenvalue weighted by atomic mass is 9.92. The van der Waals surface area contributed by atoms with Crippen molar-refractivity contribution in [2.45, 2.75) is 18.8 Å². The van der Waals surface area contributed by atoms with Gasteiger partial charge in [0.15, 0.2) is 4.77 Å². The molecule has 1 aliphatic heterocycles. The molecule has 0 aromatic carbocycles. The van der Waals surface area contributed by atoms with Crippen molar-refractivity contribution in [3.05, 3.63) is 16.2 Å². The van der Waals surface area contributed by atoms with Crippen LogP contribution in [0.15, 0.2) is 0 Å². The molecule has 1 saturated heterocycles. The van der Waals surface area contributed by atoms with Crippen LogP contribution >= 0.6 is 12.2 Å². The maximum atomic E-state index is 11.0. The van der Waals surface area contributed by atoms with Crippen molar-refractivity contribution in [3.8, 4) is 0 Å². The van der Waals surface area contributed by atoms with Crippen molar-refractivity contribution in [1.82, 2.24) is 14.9 Å². The van der Waals surface area contributed by atoms with E-state index in [0.29, 0.717) is 4.77 Å². The number of hydrogen-bond acceptors (Lipinski definition) is 3. The highest BCUT2D eigenvalue weighted by atomic mass is 32.1. The first-order chi connectivity index (χ1) is 7.58. The molecule has 0 unspecified atom stereocenters. The number of nitrogens with one attached hydrogen (secondary N) is 2. The third kappa shape index (κ3) is 2.17. The first-order valence-corrected chi connectivity index (χ1v) is 5.72. The molecule has 88 valence electrons. The Labute approximate surface area is 98.5 Å². The second-order valence-corrected chi connectivity index (χ2v) is 4.66. The second-order valence-electron chi connectivity index (χ2n) is 4.25. The number of carbonyl (C=O) groups is 1. The Bertz CT molecular complexity index is 443. The summed E-state index contributed by atoms with van der Waals surface area (Å²) in [6.07, 6.45) is 1.94. The van der Waals surface area contributed by atoms with Gasteiger partial charge in [0.05, 0.1) is 5.69 Å². The standard InChI is InChI=1S/C10H15N3O2S/c1-13-4-2-6(3-5-13)7-8(9(14)15)12-10(16)11-7/h6H,2-5H2,1H3,(H,14,15)(H2,11,12,16). The molecule has 0 radical (unpaired) electrons. The molecule has 0 amide bonds. The van der Waals surface area contributed by atoms with Gasteiger partial charge in [-0.1, -0.05) is 0 Å². The number of carboxylic acid groups (broad SMARTS) is 1. The number of aromatic nitrogens is 2. The quantitative estimate of drug-likeness (QED) is 0.687. The fourth-order valence-electron chi connectivity index (χ4n) is 2.17. The van der Waals surface area contributed by atoms with Crippen LogP contribution in [0.1, 0.15) is 34.9 Å². The lowest BCUT2D eigenvalue weighted by molar-refractivity contribution is 0.0688. The van der Waals surface area contributed by atoms with Gasteiger partial charge in [-0.3, -0.25) is 0 Å². The maximum Gasteiger partial charge on any atom is 0.354 e. The fraction of sp³-hybridized carbons (Fsp3) is 0.600. The molecule has 2 rings (SSSR count). The van der Waals surface area contributed by atoms with E-state index in [2.05, 4.69) is 21.9 Å².